The maximum Gasteiger partial charge on any atom is 0.229 e. The van der Waals surface area contributed by atoms with Crippen molar-refractivity contribution in [3.05, 3.63) is 100 Å². The van der Waals surface area contributed by atoms with Crippen LogP contribution in [0, 0.1) is 18.3 Å². The Morgan fingerprint density at radius 2 is 1.83 bits per heavy atom. The van der Waals surface area contributed by atoms with Crippen LogP contribution in [-0.2, 0) is 11.4 Å². The van der Waals surface area contributed by atoms with Crippen molar-refractivity contribution in [2.75, 3.05) is 24.6 Å². The average Bonchev–Trinajstić information content (AvgIpc) is 2.92. The van der Waals surface area contributed by atoms with E-state index in [1.165, 1.54) is 5.56 Å². The van der Waals surface area contributed by atoms with Gasteiger partial charge in [0.25, 0.3) is 0 Å². The summed E-state index contributed by atoms with van der Waals surface area (Å²) in [4.78, 5) is 17.2. The highest BCUT2D eigenvalue weighted by molar-refractivity contribution is 8.03. The Labute approximate surface area is 215 Å². The molecule has 1 atom stereocenters. The zero-order valence-electron chi connectivity index (χ0n) is 20.3. The molecule has 36 heavy (non-hydrogen) atoms. The normalized spacial score (nSPS) is 17.5. The predicted octanol–water partition coefficient (Wildman–Crippen LogP) is 5.80. The molecule has 1 saturated heterocycles. The molecule has 0 aliphatic carbocycles. The number of ether oxygens (including phenoxy) is 2. The van der Waals surface area contributed by atoms with Gasteiger partial charge in [-0.3, -0.25) is 9.69 Å². The van der Waals surface area contributed by atoms with E-state index < -0.39 is 0 Å². The summed E-state index contributed by atoms with van der Waals surface area (Å²) in [5, 5.41) is 10.9. The molecule has 0 radical (unpaired) electrons. The number of methoxy groups -OCH3 is 1. The number of hydrogen-bond acceptors (Lipinski definition) is 6. The first-order valence-electron chi connectivity index (χ1n) is 11.8. The molecule has 1 unspecified atom stereocenters. The zero-order valence-corrected chi connectivity index (χ0v) is 21.1. The summed E-state index contributed by atoms with van der Waals surface area (Å²) in [7, 11) is 1.60. The van der Waals surface area contributed by atoms with E-state index >= 15 is 0 Å². The van der Waals surface area contributed by atoms with Crippen molar-refractivity contribution in [1.29, 1.82) is 5.26 Å². The third-order valence-corrected chi connectivity index (χ3v) is 7.67. The minimum absolute atomic E-state index is 0.0154. The first-order chi connectivity index (χ1) is 17.6. The smallest absolute Gasteiger partial charge is 0.229 e. The molecule has 182 valence electrons. The minimum Gasteiger partial charge on any atom is -0.493 e. The van der Waals surface area contributed by atoms with Gasteiger partial charge in [-0.15, -0.1) is 0 Å². The fourth-order valence-electron chi connectivity index (χ4n) is 4.52. The van der Waals surface area contributed by atoms with E-state index in [-0.39, 0.29) is 18.2 Å². The first kappa shape index (κ1) is 23.8. The largest absolute Gasteiger partial charge is 0.493 e. The lowest BCUT2D eigenvalue weighted by atomic mass is 9.86. The number of allylic oxidation sites excluding steroid dienone is 1. The van der Waals surface area contributed by atoms with Gasteiger partial charge in [-0.2, -0.15) is 5.26 Å². The predicted molar refractivity (Wildman–Crippen MR) is 142 cm³/mol. The molecule has 3 aromatic carbocycles. The Morgan fingerprint density at radius 1 is 1.06 bits per heavy atom. The summed E-state index contributed by atoms with van der Waals surface area (Å²) in [6, 6.07) is 26.3. The van der Waals surface area contributed by atoms with Gasteiger partial charge in [0.1, 0.15) is 6.61 Å². The molecule has 2 heterocycles. The number of hydrogen-bond donors (Lipinski definition) is 0. The summed E-state index contributed by atoms with van der Waals surface area (Å²) in [5.41, 5.74) is 4.82. The highest BCUT2D eigenvalue weighted by Gasteiger charge is 2.38. The van der Waals surface area contributed by atoms with Crippen molar-refractivity contribution in [3.8, 4) is 17.6 Å². The molecule has 6 nitrogen and oxygen atoms in total. The highest BCUT2D eigenvalue weighted by Crippen LogP contribution is 2.44. The van der Waals surface area contributed by atoms with Crippen LogP contribution in [0.1, 0.15) is 29.0 Å². The third-order valence-electron chi connectivity index (χ3n) is 6.52. The molecule has 2 aliphatic heterocycles. The molecule has 0 bridgehead atoms. The number of amides is 1. The number of fused-ring (bicyclic) bond motifs is 1. The summed E-state index contributed by atoms with van der Waals surface area (Å²) < 4.78 is 11.6. The van der Waals surface area contributed by atoms with Gasteiger partial charge in [-0.05, 0) is 42.3 Å². The molecule has 7 heteroatoms. The lowest BCUT2D eigenvalue weighted by molar-refractivity contribution is -0.129. The van der Waals surface area contributed by atoms with E-state index in [4.69, 9.17) is 9.47 Å². The monoisotopic (exact) mass is 497 g/mol. The van der Waals surface area contributed by atoms with Crippen LogP contribution >= 0.6 is 11.8 Å². The standard InChI is InChI=1S/C29H27N3O3S/c1-20-8-11-23(12-9-20)31-18-32-28(33)15-24(25(16-30)29(32)36-19-31)22-10-13-26(27(14-22)34-2)35-17-21-6-4-3-5-7-21/h3-14,24H,15,17-19H2,1-2H3. The fourth-order valence-corrected chi connectivity index (χ4v) is 5.69. The van der Waals surface area contributed by atoms with Gasteiger partial charge in [0.05, 0.1) is 36.3 Å². The second-order valence-electron chi connectivity index (χ2n) is 8.88. The van der Waals surface area contributed by atoms with Crippen LogP contribution in [0.2, 0.25) is 0 Å². The molecule has 3 aromatic rings. The van der Waals surface area contributed by atoms with Crippen LogP contribution in [0.5, 0.6) is 11.5 Å². The maximum absolute atomic E-state index is 13.3. The van der Waals surface area contributed by atoms with Crippen molar-refractivity contribution in [2.24, 2.45) is 0 Å². The molecule has 0 aromatic heterocycles. The lowest BCUT2D eigenvalue weighted by Gasteiger charge is -2.42. The summed E-state index contributed by atoms with van der Waals surface area (Å²) in [5.74, 6) is 1.59. The number of rotatable bonds is 6. The van der Waals surface area contributed by atoms with Crippen molar-refractivity contribution >= 4 is 23.4 Å². The second kappa shape index (κ2) is 10.4. The molecule has 0 N–H and O–H groups in total. The second-order valence-corrected chi connectivity index (χ2v) is 9.82. The van der Waals surface area contributed by atoms with Crippen LogP contribution in [-0.4, -0.2) is 30.5 Å². The van der Waals surface area contributed by atoms with Crippen LogP contribution < -0.4 is 14.4 Å². The molecular formula is C29H27N3O3S. The van der Waals surface area contributed by atoms with Crippen LogP contribution in [0.15, 0.2) is 83.4 Å². The number of carbonyl (C=O) groups is 1. The van der Waals surface area contributed by atoms with Crippen molar-refractivity contribution in [2.45, 2.75) is 25.9 Å². The van der Waals surface area contributed by atoms with Gasteiger partial charge in [-0.1, -0.05) is 65.9 Å². The Balaban J connectivity index is 1.38. The summed E-state index contributed by atoms with van der Waals surface area (Å²) in [6.45, 7) is 2.92. The van der Waals surface area contributed by atoms with Crippen LogP contribution in [0.25, 0.3) is 0 Å². The Bertz CT molecular complexity index is 1330. The number of nitriles is 1. The van der Waals surface area contributed by atoms with E-state index in [9.17, 15) is 10.1 Å². The van der Waals surface area contributed by atoms with Gasteiger partial charge in [-0.25, -0.2) is 0 Å². The lowest BCUT2D eigenvalue weighted by Crippen LogP contribution is -2.47. The molecule has 5 rings (SSSR count). The SMILES string of the molecule is COc1cc(C2CC(=O)N3CN(c4ccc(C)cc4)CSC3=C2C#N)ccc1OCc1ccccc1. The van der Waals surface area contributed by atoms with E-state index in [2.05, 4.69) is 42.2 Å². The quantitative estimate of drug-likeness (QED) is 0.429. The topological polar surface area (TPSA) is 65.8 Å². The Morgan fingerprint density at radius 3 is 2.56 bits per heavy atom. The van der Waals surface area contributed by atoms with Gasteiger partial charge in [0.15, 0.2) is 11.5 Å². The van der Waals surface area contributed by atoms with Crippen LogP contribution in [0.4, 0.5) is 5.69 Å². The van der Waals surface area contributed by atoms with E-state index in [1.54, 1.807) is 23.8 Å². The summed E-state index contributed by atoms with van der Waals surface area (Å²) in [6.07, 6.45) is 0.238. The van der Waals surface area contributed by atoms with Gasteiger partial charge < -0.3 is 14.4 Å². The number of thioether (sulfide) groups is 1. The fraction of sp³-hybridized carbons (Fsp3) is 0.241. The average molecular weight is 498 g/mol. The molecule has 1 amide bonds. The number of benzene rings is 3. The van der Waals surface area contributed by atoms with E-state index in [0.717, 1.165) is 21.8 Å². The molecule has 0 spiro atoms. The minimum atomic E-state index is -0.316. The van der Waals surface area contributed by atoms with E-state index in [1.807, 2.05) is 48.5 Å². The number of aryl methyl sites for hydroxylation is 1. The molecule has 1 fully saturated rings. The van der Waals surface area contributed by atoms with Crippen LogP contribution in [0.3, 0.4) is 0 Å². The van der Waals surface area contributed by atoms with Gasteiger partial charge in [0, 0.05) is 18.0 Å². The highest BCUT2D eigenvalue weighted by atomic mass is 32.2. The Hall–Kier alpha value is -3.89. The number of anilines is 1. The molecule has 0 saturated carbocycles. The van der Waals surface area contributed by atoms with Crippen molar-refractivity contribution < 1.29 is 14.3 Å². The molecular weight excluding hydrogens is 470 g/mol. The molecule has 2 aliphatic rings. The van der Waals surface area contributed by atoms with Crippen molar-refractivity contribution in [3.63, 3.8) is 0 Å². The Kier molecular flexibility index (Phi) is 6.88. The van der Waals surface area contributed by atoms with Gasteiger partial charge in [0.2, 0.25) is 5.91 Å². The number of nitrogens with zero attached hydrogens (tertiary/aromatic N) is 3. The first-order valence-corrected chi connectivity index (χ1v) is 12.8. The number of carbonyl (C=O) groups excluding carboxylic acids is 1. The summed E-state index contributed by atoms with van der Waals surface area (Å²) >= 11 is 1.54. The van der Waals surface area contributed by atoms with E-state index in [0.29, 0.717) is 36.2 Å². The van der Waals surface area contributed by atoms with Crippen molar-refractivity contribution in [1.82, 2.24) is 4.90 Å². The third kappa shape index (κ3) is 4.77. The van der Waals surface area contributed by atoms with Gasteiger partial charge >= 0.3 is 0 Å². The maximum atomic E-state index is 13.3. The zero-order chi connectivity index (χ0) is 25.1.